The maximum absolute atomic E-state index is 5.65. The van der Waals surface area contributed by atoms with Gasteiger partial charge in [0.05, 0.1) is 26.0 Å². The van der Waals surface area contributed by atoms with E-state index in [0.29, 0.717) is 5.11 Å². The highest BCUT2D eigenvalue weighted by Crippen LogP contribution is 2.37. The molecule has 0 radical (unpaired) electrons. The van der Waals surface area contributed by atoms with Gasteiger partial charge in [0.2, 0.25) is 0 Å². The zero-order valence-electron chi connectivity index (χ0n) is 17.6. The van der Waals surface area contributed by atoms with Crippen LogP contribution in [-0.4, -0.2) is 49.6 Å². The highest BCUT2D eigenvalue weighted by atomic mass is 32.1. The van der Waals surface area contributed by atoms with Gasteiger partial charge in [-0.15, -0.1) is 0 Å². The number of fused-ring (bicyclic) bond motifs is 1. The number of benzene rings is 2. The molecule has 156 valence electrons. The summed E-state index contributed by atoms with van der Waals surface area (Å²) in [5.41, 5.74) is 4.40. The number of aliphatic imine (C=N–C) groups is 1. The van der Waals surface area contributed by atoms with E-state index >= 15 is 0 Å². The van der Waals surface area contributed by atoms with E-state index in [1.54, 1.807) is 14.2 Å². The second-order valence-corrected chi connectivity index (χ2v) is 7.90. The number of nitrogens with one attached hydrogen (secondary N) is 1. The first-order valence-corrected chi connectivity index (χ1v) is 10.6. The highest BCUT2D eigenvalue weighted by molar-refractivity contribution is 7.80. The molecular formula is C24H27N3O2S. The first-order chi connectivity index (χ1) is 14.6. The molecule has 1 N–H and O–H groups in total. The minimum Gasteiger partial charge on any atom is -0.496 e. The number of likely N-dealkylation sites (N-methyl/N-ethyl adjacent to an activating group) is 1. The first kappa shape index (κ1) is 20.6. The Labute approximate surface area is 183 Å². The van der Waals surface area contributed by atoms with Crippen LogP contribution in [0.15, 0.2) is 59.1 Å². The number of ether oxygens (including phenoxy) is 2. The van der Waals surface area contributed by atoms with Gasteiger partial charge in [-0.25, -0.2) is 4.99 Å². The minimum absolute atomic E-state index is 0.0107. The van der Waals surface area contributed by atoms with Crippen LogP contribution in [0, 0.1) is 5.92 Å². The zero-order valence-corrected chi connectivity index (χ0v) is 18.4. The molecule has 4 rings (SSSR count). The van der Waals surface area contributed by atoms with E-state index in [4.69, 9.17) is 26.7 Å². The minimum atomic E-state index is 0.0107. The predicted octanol–water partition coefficient (Wildman–Crippen LogP) is 4.11. The molecule has 0 aliphatic carbocycles. The fourth-order valence-corrected chi connectivity index (χ4v) is 4.56. The van der Waals surface area contributed by atoms with E-state index in [1.807, 2.05) is 36.4 Å². The number of methoxy groups -OCH3 is 2. The first-order valence-electron chi connectivity index (χ1n) is 10.2. The van der Waals surface area contributed by atoms with Crippen molar-refractivity contribution in [1.82, 2.24) is 10.2 Å². The number of para-hydroxylation sites is 2. The molecule has 1 fully saturated rings. The van der Waals surface area contributed by atoms with Gasteiger partial charge < -0.3 is 14.8 Å². The van der Waals surface area contributed by atoms with Gasteiger partial charge in [-0.3, -0.25) is 4.90 Å². The van der Waals surface area contributed by atoms with Crippen molar-refractivity contribution in [2.75, 3.05) is 33.9 Å². The number of likely N-dealkylation sites (tertiary alicyclic amines) is 1. The molecule has 0 amide bonds. The van der Waals surface area contributed by atoms with Crippen molar-refractivity contribution < 1.29 is 9.47 Å². The molecule has 2 heterocycles. The normalized spacial score (nSPS) is 22.8. The molecule has 1 saturated heterocycles. The van der Waals surface area contributed by atoms with Gasteiger partial charge in [0.1, 0.15) is 11.5 Å². The van der Waals surface area contributed by atoms with Crippen molar-refractivity contribution in [3.8, 4) is 11.5 Å². The summed E-state index contributed by atoms with van der Waals surface area (Å²) in [5.74, 6) is 1.89. The lowest BCUT2D eigenvalue weighted by atomic mass is 9.80. The van der Waals surface area contributed by atoms with Crippen LogP contribution in [0.3, 0.4) is 0 Å². The van der Waals surface area contributed by atoms with Crippen LogP contribution in [-0.2, 0) is 0 Å². The van der Waals surface area contributed by atoms with Crippen LogP contribution in [0.5, 0.6) is 11.5 Å². The second-order valence-electron chi connectivity index (χ2n) is 7.51. The van der Waals surface area contributed by atoms with Crippen LogP contribution < -0.4 is 14.8 Å². The SMILES string of the molecule is CCN1C/C(=C\c2ccccc2OC)C2=NC(=S)NC(c3ccccc3OC)C2C1. The summed E-state index contributed by atoms with van der Waals surface area (Å²) in [7, 11) is 3.41. The lowest BCUT2D eigenvalue weighted by molar-refractivity contribution is 0.250. The molecule has 2 aliphatic heterocycles. The third kappa shape index (κ3) is 3.98. The molecule has 2 atom stereocenters. The standard InChI is InChI=1S/C24H27N3O2S/c1-4-27-14-17(13-16-9-5-7-11-20(16)28-2)22-19(15-27)23(26-24(30)25-22)18-10-6-8-12-21(18)29-3/h5-13,19,23H,4,14-15H2,1-3H3,(H,26,30)/b17-13+. The highest BCUT2D eigenvalue weighted by Gasteiger charge is 2.39. The number of hydrogen-bond donors (Lipinski definition) is 1. The van der Waals surface area contributed by atoms with E-state index in [9.17, 15) is 0 Å². The van der Waals surface area contributed by atoms with Crippen molar-refractivity contribution >= 4 is 29.1 Å². The maximum Gasteiger partial charge on any atom is 0.193 e. The number of hydrogen-bond acceptors (Lipinski definition) is 4. The van der Waals surface area contributed by atoms with Crippen molar-refractivity contribution in [2.45, 2.75) is 13.0 Å². The lowest BCUT2D eigenvalue weighted by Gasteiger charge is -2.42. The molecule has 2 aromatic rings. The Morgan fingerprint density at radius 2 is 1.80 bits per heavy atom. The smallest absolute Gasteiger partial charge is 0.193 e. The largest absolute Gasteiger partial charge is 0.496 e. The molecule has 5 nitrogen and oxygen atoms in total. The van der Waals surface area contributed by atoms with Crippen LogP contribution >= 0.6 is 12.2 Å². The van der Waals surface area contributed by atoms with Crippen molar-refractivity contribution in [2.24, 2.45) is 10.9 Å². The van der Waals surface area contributed by atoms with E-state index in [-0.39, 0.29) is 12.0 Å². The summed E-state index contributed by atoms with van der Waals surface area (Å²) in [6.07, 6.45) is 2.19. The third-order valence-electron chi connectivity index (χ3n) is 5.82. The molecule has 0 aromatic heterocycles. The Balaban J connectivity index is 1.80. The van der Waals surface area contributed by atoms with Crippen LogP contribution in [0.1, 0.15) is 24.1 Å². The molecule has 2 unspecified atom stereocenters. The molecule has 30 heavy (non-hydrogen) atoms. The van der Waals surface area contributed by atoms with E-state index < -0.39 is 0 Å². The number of nitrogens with zero attached hydrogens (tertiary/aromatic N) is 2. The van der Waals surface area contributed by atoms with Gasteiger partial charge in [-0.2, -0.15) is 0 Å². The van der Waals surface area contributed by atoms with Gasteiger partial charge in [0.15, 0.2) is 5.11 Å². The van der Waals surface area contributed by atoms with Gasteiger partial charge in [-0.05, 0) is 42.5 Å². The van der Waals surface area contributed by atoms with E-state index in [2.05, 4.69) is 35.3 Å². The predicted molar refractivity (Wildman–Crippen MR) is 125 cm³/mol. The summed E-state index contributed by atoms with van der Waals surface area (Å²) < 4.78 is 11.2. The van der Waals surface area contributed by atoms with Crippen molar-refractivity contribution in [3.63, 3.8) is 0 Å². The summed E-state index contributed by atoms with van der Waals surface area (Å²) in [6.45, 7) is 4.92. The second kappa shape index (κ2) is 8.98. The third-order valence-corrected chi connectivity index (χ3v) is 6.03. The van der Waals surface area contributed by atoms with Gasteiger partial charge in [-0.1, -0.05) is 43.3 Å². The summed E-state index contributed by atoms with van der Waals surface area (Å²) in [6, 6.07) is 16.2. The quantitative estimate of drug-likeness (QED) is 0.736. The molecule has 0 saturated carbocycles. The summed E-state index contributed by atoms with van der Waals surface area (Å²) in [5, 5.41) is 3.96. The Kier molecular flexibility index (Phi) is 6.16. The molecule has 0 bridgehead atoms. The Hall–Kier alpha value is -2.70. The van der Waals surface area contributed by atoms with Crippen molar-refractivity contribution in [1.29, 1.82) is 0 Å². The van der Waals surface area contributed by atoms with E-state index in [1.165, 1.54) is 5.57 Å². The molecule has 2 aliphatic rings. The maximum atomic E-state index is 5.65. The topological polar surface area (TPSA) is 46.1 Å². The Morgan fingerprint density at radius 3 is 2.53 bits per heavy atom. The van der Waals surface area contributed by atoms with Gasteiger partial charge in [0.25, 0.3) is 0 Å². The average molecular weight is 422 g/mol. The summed E-state index contributed by atoms with van der Waals surface area (Å²) in [4.78, 5) is 7.25. The fourth-order valence-electron chi connectivity index (χ4n) is 4.33. The molecule has 0 spiro atoms. The summed E-state index contributed by atoms with van der Waals surface area (Å²) >= 11 is 5.55. The van der Waals surface area contributed by atoms with Gasteiger partial charge >= 0.3 is 0 Å². The van der Waals surface area contributed by atoms with E-state index in [0.717, 1.165) is 48.0 Å². The van der Waals surface area contributed by atoms with Crippen LogP contribution in [0.4, 0.5) is 0 Å². The van der Waals surface area contributed by atoms with Crippen LogP contribution in [0.25, 0.3) is 6.08 Å². The molecular weight excluding hydrogens is 394 g/mol. The number of piperidine rings is 1. The Bertz CT molecular complexity index is 1000. The molecule has 6 heteroatoms. The fraction of sp³-hybridized carbons (Fsp3) is 0.333. The average Bonchev–Trinajstić information content (AvgIpc) is 2.79. The zero-order chi connectivity index (χ0) is 21.1. The number of rotatable bonds is 5. The number of thiocarbonyl (C=S) groups is 1. The lowest BCUT2D eigenvalue weighted by Crippen LogP contribution is -2.51. The van der Waals surface area contributed by atoms with Crippen LogP contribution in [0.2, 0.25) is 0 Å². The monoisotopic (exact) mass is 421 g/mol. The van der Waals surface area contributed by atoms with Gasteiger partial charge in [0, 0.05) is 30.1 Å². The molecule has 2 aromatic carbocycles. The Morgan fingerprint density at radius 1 is 1.10 bits per heavy atom. The van der Waals surface area contributed by atoms with Crippen molar-refractivity contribution in [3.05, 3.63) is 65.2 Å².